The van der Waals surface area contributed by atoms with E-state index in [4.69, 9.17) is 9.57 Å². The van der Waals surface area contributed by atoms with Crippen LogP contribution in [0.3, 0.4) is 0 Å². The smallest absolute Gasteiger partial charge is 0.396 e. The molecule has 1 aromatic heterocycles. The number of benzene rings is 1. The topological polar surface area (TPSA) is 90.0 Å². The second-order valence-corrected chi connectivity index (χ2v) is 6.15. The highest BCUT2D eigenvalue weighted by Gasteiger charge is 2.38. The molecule has 29 heavy (non-hydrogen) atoms. The molecule has 0 bridgehead atoms. The lowest BCUT2D eigenvalue weighted by Gasteiger charge is -2.34. The van der Waals surface area contributed by atoms with Crippen LogP contribution in [0.15, 0.2) is 33.9 Å². The summed E-state index contributed by atoms with van der Waals surface area (Å²) in [4.78, 5) is 22.6. The van der Waals surface area contributed by atoms with E-state index in [-0.39, 0.29) is 11.7 Å². The van der Waals surface area contributed by atoms with Crippen LogP contribution in [0.2, 0.25) is 0 Å². The van der Waals surface area contributed by atoms with Gasteiger partial charge in [-0.25, -0.2) is 0 Å². The summed E-state index contributed by atoms with van der Waals surface area (Å²) in [6, 6.07) is 6.20. The minimum absolute atomic E-state index is 0.192. The molecular formula is C18H19F3N4O4. The molecule has 0 radical (unpaired) electrons. The zero-order valence-corrected chi connectivity index (χ0v) is 15.8. The fraction of sp³-hybridized carbons (Fsp3) is 0.444. The predicted molar refractivity (Wildman–Crippen MR) is 94.7 cm³/mol. The Labute approximate surface area is 164 Å². The lowest BCUT2D eigenvalue weighted by Crippen LogP contribution is -2.52. The molecule has 1 atom stereocenters. The first kappa shape index (κ1) is 20.8. The maximum Gasteiger partial charge on any atom is 0.471 e. The van der Waals surface area contributed by atoms with E-state index in [0.717, 1.165) is 5.71 Å². The maximum atomic E-state index is 12.7. The Morgan fingerprint density at radius 2 is 1.93 bits per heavy atom. The Morgan fingerprint density at radius 3 is 2.48 bits per heavy atom. The molecular weight excluding hydrogens is 393 g/mol. The van der Waals surface area contributed by atoms with Gasteiger partial charge in [0.2, 0.25) is 5.82 Å². The van der Waals surface area contributed by atoms with Gasteiger partial charge < -0.3 is 19.0 Å². The van der Waals surface area contributed by atoms with E-state index in [0.29, 0.717) is 37.4 Å². The van der Waals surface area contributed by atoms with Crippen molar-refractivity contribution in [1.82, 2.24) is 15.0 Å². The van der Waals surface area contributed by atoms with Gasteiger partial charge in [-0.05, 0) is 19.4 Å². The van der Waals surface area contributed by atoms with Crippen molar-refractivity contribution in [1.29, 1.82) is 0 Å². The number of alkyl halides is 3. The van der Waals surface area contributed by atoms with Gasteiger partial charge in [-0.2, -0.15) is 18.2 Å². The fourth-order valence-corrected chi connectivity index (χ4v) is 2.67. The number of rotatable bonds is 7. The zero-order valence-electron chi connectivity index (χ0n) is 15.8. The summed E-state index contributed by atoms with van der Waals surface area (Å²) in [5.74, 6) is -1.84. The highest BCUT2D eigenvalue weighted by atomic mass is 19.4. The van der Waals surface area contributed by atoms with Crippen LogP contribution < -0.4 is 0 Å². The van der Waals surface area contributed by atoms with Crippen LogP contribution in [-0.2, 0) is 20.5 Å². The molecule has 1 aliphatic rings. The van der Waals surface area contributed by atoms with Gasteiger partial charge in [-0.1, -0.05) is 34.6 Å². The van der Waals surface area contributed by atoms with Crippen LogP contribution >= 0.6 is 0 Å². The van der Waals surface area contributed by atoms with Crippen molar-refractivity contribution in [3.8, 4) is 11.4 Å². The second-order valence-electron chi connectivity index (χ2n) is 6.15. The molecule has 2 heterocycles. The van der Waals surface area contributed by atoms with Gasteiger partial charge in [-0.15, -0.1) is 0 Å². The van der Waals surface area contributed by atoms with Gasteiger partial charge in [0.05, 0.1) is 18.8 Å². The van der Waals surface area contributed by atoms with E-state index in [1.807, 2.05) is 6.92 Å². The molecule has 0 aliphatic carbocycles. The lowest BCUT2D eigenvalue weighted by molar-refractivity contribution is -0.159. The molecule has 156 valence electrons. The maximum absolute atomic E-state index is 12.7. The van der Waals surface area contributed by atoms with E-state index in [9.17, 15) is 18.0 Å². The third-order valence-corrected chi connectivity index (χ3v) is 4.08. The molecule has 8 nitrogen and oxygen atoms in total. The van der Waals surface area contributed by atoms with Gasteiger partial charge in [-0.3, -0.25) is 4.79 Å². The number of carbonyl (C=O) groups is 1. The van der Waals surface area contributed by atoms with Crippen molar-refractivity contribution in [3.05, 3.63) is 35.7 Å². The minimum atomic E-state index is -4.71. The molecule has 11 heteroatoms. The van der Waals surface area contributed by atoms with Crippen molar-refractivity contribution in [3.63, 3.8) is 0 Å². The summed E-state index contributed by atoms with van der Waals surface area (Å²) in [7, 11) is 0. The highest BCUT2D eigenvalue weighted by Crippen LogP contribution is 2.30. The molecule has 1 fully saturated rings. The zero-order chi connectivity index (χ0) is 21.0. The van der Waals surface area contributed by atoms with E-state index in [2.05, 4.69) is 19.8 Å². The first-order valence-electron chi connectivity index (χ1n) is 8.92. The lowest BCUT2D eigenvalue weighted by atomic mass is 10.0. The van der Waals surface area contributed by atoms with Gasteiger partial charge >= 0.3 is 12.1 Å². The molecule has 0 N–H and O–H groups in total. The quantitative estimate of drug-likeness (QED) is 0.650. The first-order valence-corrected chi connectivity index (χ1v) is 8.92. The van der Waals surface area contributed by atoms with Crippen LogP contribution in [0.1, 0.15) is 31.4 Å². The van der Waals surface area contributed by atoms with Gasteiger partial charge in [0.25, 0.3) is 5.91 Å². The normalized spacial score (nSPS) is 15.1. The SMILES string of the molecule is CCON=C1CN(C(=O)C(OCC)c2ccc(-c3noc(C(F)(F)F)n3)cc2)C1. The number of oxime groups is 1. The number of hydrogen-bond donors (Lipinski definition) is 0. The Morgan fingerprint density at radius 1 is 1.24 bits per heavy atom. The van der Waals surface area contributed by atoms with Crippen molar-refractivity contribution in [2.24, 2.45) is 5.16 Å². The number of nitrogens with zero attached hydrogens (tertiary/aromatic N) is 4. The van der Waals surface area contributed by atoms with Crippen molar-refractivity contribution < 1.29 is 32.1 Å². The summed E-state index contributed by atoms with van der Waals surface area (Å²) in [6.45, 7) is 5.08. The summed E-state index contributed by atoms with van der Waals surface area (Å²) in [5.41, 5.74) is 1.66. The summed E-state index contributed by atoms with van der Waals surface area (Å²) in [6.07, 6.45) is -5.54. The van der Waals surface area contributed by atoms with Crippen LogP contribution in [0.25, 0.3) is 11.4 Å². The van der Waals surface area contributed by atoms with Crippen LogP contribution in [-0.4, -0.2) is 53.0 Å². The number of carbonyl (C=O) groups excluding carboxylic acids is 1. The molecule has 1 aliphatic heterocycles. The van der Waals surface area contributed by atoms with Gasteiger partial charge in [0.1, 0.15) is 6.61 Å². The predicted octanol–water partition coefficient (Wildman–Crippen LogP) is 3.07. The Balaban J connectivity index is 1.72. The van der Waals surface area contributed by atoms with Gasteiger partial charge in [0, 0.05) is 12.2 Å². The van der Waals surface area contributed by atoms with E-state index in [1.54, 1.807) is 24.0 Å². The number of hydrogen-bond acceptors (Lipinski definition) is 7. The van der Waals surface area contributed by atoms with Crippen molar-refractivity contribution >= 4 is 11.6 Å². The van der Waals surface area contributed by atoms with Gasteiger partial charge in [0.15, 0.2) is 6.10 Å². The molecule has 0 spiro atoms. The molecule has 3 rings (SSSR count). The number of ether oxygens (including phenoxy) is 1. The number of amides is 1. The monoisotopic (exact) mass is 412 g/mol. The Bertz CT molecular complexity index is 872. The average molecular weight is 412 g/mol. The van der Waals surface area contributed by atoms with Crippen molar-refractivity contribution in [2.45, 2.75) is 26.1 Å². The largest absolute Gasteiger partial charge is 0.471 e. The summed E-state index contributed by atoms with van der Waals surface area (Å²) < 4.78 is 47.6. The molecule has 2 aromatic rings. The number of likely N-dealkylation sites (tertiary alicyclic amines) is 1. The van der Waals surface area contributed by atoms with E-state index < -0.39 is 18.2 Å². The van der Waals surface area contributed by atoms with E-state index in [1.165, 1.54) is 12.1 Å². The third-order valence-electron chi connectivity index (χ3n) is 4.08. The van der Waals surface area contributed by atoms with Crippen molar-refractivity contribution in [2.75, 3.05) is 26.3 Å². The van der Waals surface area contributed by atoms with Crippen LogP contribution in [0, 0.1) is 0 Å². The van der Waals surface area contributed by atoms with Crippen LogP contribution in [0.5, 0.6) is 0 Å². The minimum Gasteiger partial charge on any atom is -0.396 e. The average Bonchev–Trinajstić information content (AvgIpc) is 3.15. The molecule has 1 unspecified atom stereocenters. The number of aromatic nitrogens is 2. The van der Waals surface area contributed by atoms with E-state index >= 15 is 0 Å². The standard InChI is InChI=1S/C18H19F3N4O4/c1-3-27-14(16(26)25-9-13(10-25)23-28-4-2)11-5-7-12(8-6-11)15-22-17(29-24-15)18(19,20)21/h5-8,14H,3-4,9-10H2,1-2H3. The molecule has 1 saturated heterocycles. The highest BCUT2D eigenvalue weighted by molar-refractivity contribution is 6.00. The fourth-order valence-electron chi connectivity index (χ4n) is 2.67. The summed E-state index contributed by atoms with van der Waals surface area (Å²) >= 11 is 0. The first-order chi connectivity index (χ1) is 13.8. The van der Waals surface area contributed by atoms with Crippen LogP contribution in [0.4, 0.5) is 13.2 Å². The summed E-state index contributed by atoms with van der Waals surface area (Å²) in [5, 5.41) is 7.25. The Kier molecular flexibility index (Phi) is 6.16. The molecule has 0 saturated carbocycles. The molecule has 1 aromatic carbocycles. The molecule has 1 amide bonds. The second kappa shape index (κ2) is 8.60. The number of halogens is 3. The third kappa shape index (κ3) is 4.73. The Hall–Kier alpha value is -2.95.